The predicted octanol–water partition coefficient (Wildman–Crippen LogP) is 2.37. The van der Waals surface area contributed by atoms with Crippen molar-refractivity contribution < 1.29 is 21.6 Å². The minimum atomic E-state index is -4.19. The molecule has 0 bridgehead atoms. The van der Waals surface area contributed by atoms with E-state index < -0.39 is 27.3 Å². The Morgan fingerprint density at radius 3 is 2.39 bits per heavy atom. The summed E-state index contributed by atoms with van der Waals surface area (Å²) in [6.45, 7) is 10.7. The second-order valence-corrected chi connectivity index (χ2v) is 11.1. The molecule has 28 heavy (non-hydrogen) atoms. The van der Waals surface area contributed by atoms with Crippen LogP contribution in [0.1, 0.15) is 41.0 Å². The van der Waals surface area contributed by atoms with Gasteiger partial charge in [-0.3, -0.25) is 9.89 Å². The zero-order valence-electron chi connectivity index (χ0n) is 17.6. The topological polar surface area (TPSA) is 65.0 Å². The maximum atomic E-state index is 12.7. The van der Waals surface area contributed by atoms with Crippen LogP contribution in [0.25, 0.3) is 0 Å². The molecule has 1 fully saturated rings. The molecule has 0 radical (unpaired) electrons. The van der Waals surface area contributed by atoms with Gasteiger partial charge in [-0.2, -0.15) is 13.2 Å². The second kappa shape index (κ2) is 10.1. The Balaban J connectivity index is 2.68. The number of likely N-dealkylation sites (tertiary alicyclic amines) is 1. The normalized spacial score (nSPS) is 19.5. The minimum Gasteiger partial charge on any atom is -0.357 e. The third-order valence-corrected chi connectivity index (χ3v) is 7.43. The molecule has 1 aliphatic heterocycles. The van der Waals surface area contributed by atoms with Gasteiger partial charge in [-0.25, -0.2) is 8.42 Å². The molecule has 0 spiro atoms. The number of hydrogen-bond acceptors (Lipinski definition) is 4. The number of rotatable bonds is 8. The van der Waals surface area contributed by atoms with Crippen molar-refractivity contribution in [3.63, 3.8) is 0 Å². The molecule has 1 N–H and O–H groups in total. The predicted molar refractivity (Wildman–Crippen MR) is 107 cm³/mol. The molecule has 6 nitrogen and oxygen atoms in total. The van der Waals surface area contributed by atoms with Gasteiger partial charge in [-0.15, -0.1) is 0 Å². The highest BCUT2D eigenvalue weighted by Gasteiger charge is 2.33. The van der Waals surface area contributed by atoms with Crippen molar-refractivity contribution in [2.75, 3.05) is 51.6 Å². The van der Waals surface area contributed by atoms with E-state index in [0.717, 1.165) is 6.42 Å². The van der Waals surface area contributed by atoms with Gasteiger partial charge in [-0.05, 0) is 46.6 Å². The summed E-state index contributed by atoms with van der Waals surface area (Å²) >= 11 is 0. The highest BCUT2D eigenvalue weighted by Crippen LogP contribution is 2.21. The summed E-state index contributed by atoms with van der Waals surface area (Å²) < 4.78 is 61.6. The molecule has 1 atom stereocenters. The van der Waals surface area contributed by atoms with E-state index in [4.69, 9.17) is 0 Å². The lowest BCUT2D eigenvalue weighted by Crippen LogP contribution is -2.42. The molecular weight excluding hydrogens is 393 g/mol. The van der Waals surface area contributed by atoms with Gasteiger partial charge >= 0.3 is 6.18 Å². The van der Waals surface area contributed by atoms with E-state index in [1.165, 1.54) is 4.90 Å². The molecular formula is C18H35F3N4O2S. The Kier molecular flexibility index (Phi) is 9.05. The van der Waals surface area contributed by atoms with Gasteiger partial charge in [-0.1, -0.05) is 6.92 Å². The first-order chi connectivity index (χ1) is 12.8. The Morgan fingerprint density at radius 1 is 1.25 bits per heavy atom. The van der Waals surface area contributed by atoms with Crippen molar-refractivity contribution in [2.45, 2.75) is 52.0 Å². The lowest BCUT2D eigenvalue weighted by atomic mass is 10.1. The SMILES string of the molecule is CCNC(=NCCS(=O)(=O)C(C)(C)C)N1CCC(CN(CC)CC(F)(F)F)C1. The van der Waals surface area contributed by atoms with E-state index in [0.29, 0.717) is 38.7 Å². The average molecular weight is 429 g/mol. The lowest BCUT2D eigenvalue weighted by molar-refractivity contribution is -0.146. The molecule has 1 unspecified atom stereocenters. The lowest BCUT2D eigenvalue weighted by Gasteiger charge is -2.26. The van der Waals surface area contributed by atoms with Crippen LogP contribution in [0, 0.1) is 5.92 Å². The van der Waals surface area contributed by atoms with Gasteiger partial charge in [0, 0.05) is 26.2 Å². The van der Waals surface area contributed by atoms with Crippen LogP contribution in [0.15, 0.2) is 4.99 Å². The first-order valence-electron chi connectivity index (χ1n) is 9.83. The van der Waals surface area contributed by atoms with Crippen molar-refractivity contribution in [1.29, 1.82) is 0 Å². The van der Waals surface area contributed by atoms with Crippen LogP contribution >= 0.6 is 0 Å². The maximum absolute atomic E-state index is 12.7. The highest BCUT2D eigenvalue weighted by atomic mass is 32.2. The van der Waals surface area contributed by atoms with Crippen LogP contribution in [0.5, 0.6) is 0 Å². The largest absolute Gasteiger partial charge is 0.401 e. The molecule has 1 aliphatic rings. The number of halogens is 3. The van der Waals surface area contributed by atoms with E-state index >= 15 is 0 Å². The average Bonchev–Trinajstić information content (AvgIpc) is 2.99. The standard InChI is InChI=1S/C18H35F3N4O2S/c1-6-22-16(23-9-11-28(26,27)17(3,4)5)25-10-8-15(13-25)12-24(7-2)14-18(19,20)21/h15H,6-14H2,1-5H3,(H,22,23). The molecule has 0 aromatic carbocycles. The fourth-order valence-corrected chi connectivity index (χ4v) is 4.05. The number of alkyl halides is 3. The number of aliphatic imine (C=N–C) groups is 1. The third-order valence-electron chi connectivity index (χ3n) is 4.84. The zero-order valence-corrected chi connectivity index (χ0v) is 18.5. The van der Waals surface area contributed by atoms with Gasteiger partial charge in [0.05, 0.1) is 23.6 Å². The number of sulfone groups is 1. The van der Waals surface area contributed by atoms with Crippen LogP contribution in [0.3, 0.4) is 0 Å². The third kappa shape index (κ3) is 8.14. The van der Waals surface area contributed by atoms with Gasteiger partial charge in [0.15, 0.2) is 15.8 Å². The maximum Gasteiger partial charge on any atom is 0.401 e. The number of nitrogens with one attached hydrogen (secondary N) is 1. The Bertz CT molecular complexity index is 615. The van der Waals surface area contributed by atoms with Gasteiger partial charge in [0.25, 0.3) is 0 Å². The molecule has 0 aromatic rings. The molecule has 1 saturated heterocycles. The smallest absolute Gasteiger partial charge is 0.357 e. The summed E-state index contributed by atoms with van der Waals surface area (Å²) in [4.78, 5) is 7.88. The molecule has 1 heterocycles. The first kappa shape index (κ1) is 25.0. The molecule has 10 heteroatoms. The summed E-state index contributed by atoms with van der Waals surface area (Å²) in [7, 11) is -3.25. The molecule has 1 rings (SSSR count). The van der Waals surface area contributed by atoms with E-state index in [1.54, 1.807) is 27.7 Å². The fourth-order valence-electron chi connectivity index (χ4n) is 3.10. The first-order valence-corrected chi connectivity index (χ1v) is 11.5. The van der Waals surface area contributed by atoms with E-state index in [1.807, 2.05) is 11.8 Å². The number of guanidine groups is 1. The quantitative estimate of drug-likeness (QED) is 0.475. The summed E-state index contributed by atoms with van der Waals surface area (Å²) in [6.07, 6.45) is -3.40. The second-order valence-electron chi connectivity index (χ2n) is 8.21. The fraction of sp³-hybridized carbons (Fsp3) is 0.944. The zero-order chi connectivity index (χ0) is 21.6. The number of hydrogen-bond donors (Lipinski definition) is 1. The summed E-state index contributed by atoms with van der Waals surface area (Å²) in [6, 6.07) is 0. The van der Waals surface area contributed by atoms with E-state index in [9.17, 15) is 21.6 Å². The highest BCUT2D eigenvalue weighted by molar-refractivity contribution is 7.92. The van der Waals surface area contributed by atoms with Gasteiger partial charge < -0.3 is 10.2 Å². The molecule has 0 saturated carbocycles. The van der Waals surface area contributed by atoms with Crippen molar-refractivity contribution in [3.8, 4) is 0 Å². The molecule has 0 aromatic heterocycles. The minimum absolute atomic E-state index is 0.0299. The van der Waals surface area contributed by atoms with Crippen molar-refractivity contribution in [1.82, 2.24) is 15.1 Å². The Labute approximate surface area is 167 Å². The molecule has 0 amide bonds. The van der Waals surface area contributed by atoms with Gasteiger partial charge in [0.2, 0.25) is 0 Å². The Morgan fingerprint density at radius 2 is 1.89 bits per heavy atom. The van der Waals surface area contributed by atoms with Crippen LogP contribution < -0.4 is 5.32 Å². The molecule has 166 valence electrons. The van der Waals surface area contributed by atoms with Crippen LogP contribution in [0.4, 0.5) is 13.2 Å². The van der Waals surface area contributed by atoms with E-state index in [2.05, 4.69) is 10.3 Å². The summed E-state index contributed by atoms with van der Waals surface area (Å²) in [5, 5.41) is 3.16. The monoisotopic (exact) mass is 428 g/mol. The van der Waals surface area contributed by atoms with Crippen molar-refractivity contribution >= 4 is 15.8 Å². The molecule has 0 aliphatic carbocycles. The van der Waals surface area contributed by atoms with Crippen LogP contribution in [-0.4, -0.2) is 86.7 Å². The Hall–Kier alpha value is -1.03. The van der Waals surface area contributed by atoms with Crippen LogP contribution in [-0.2, 0) is 9.84 Å². The van der Waals surface area contributed by atoms with Crippen molar-refractivity contribution in [2.24, 2.45) is 10.9 Å². The van der Waals surface area contributed by atoms with E-state index in [-0.39, 0.29) is 18.2 Å². The summed E-state index contributed by atoms with van der Waals surface area (Å²) in [5.74, 6) is 0.732. The van der Waals surface area contributed by atoms with Crippen molar-refractivity contribution in [3.05, 3.63) is 0 Å². The van der Waals surface area contributed by atoms with Gasteiger partial charge in [0.1, 0.15) is 0 Å². The summed E-state index contributed by atoms with van der Waals surface area (Å²) in [5.41, 5.74) is 0. The number of nitrogens with zero attached hydrogens (tertiary/aromatic N) is 3. The van der Waals surface area contributed by atoms with Crippen LogP contribution in [0.2, 0.25) is 0 Å².